The molecule has 0 aliphatic heterocycles. The molecular formula is C11H15NO. The summed E-state index contributed by atoms with van der Waals surface area (Å²) >= 11 is 0. The van der Waals surface area contributed by atoms with E-state index in [0.717, 1.165) is 11.8 Å². The average Bonchev–Trinajstić information content (AvgIpc) is 2.72. The van der Waals surface area contributed by atoms with Gasteiger partial charge in [0.05, 0.1) is 0 Å². The van der Waals surface area contributed by atoms with Crippen LogP contribution in [-0.2, 0) is 7.05 Å². The molecule has 0 saturated heterocycles. The van der Waals surface area contributed by atoms with Crippen molar-refractivity contribution < 1.29 is 4.79 Å². The van der Waals surface area contributed by atoms with Crippen LogP contribution in [0.15, 0.2) is 12.3 Å². The van der Waals surface area contributed by atoms with E-state index in [1.54, 1.807) is 0 Å². The molecule has 0 N–H and O–H groups in total. The SMILES string of the molecule is Cn1cc(C=O)cc1C1CCCC1. The first kappa shape index (κ1) is 8.54. The zero-order chi connectivity index (χ0) is 9.26. The highest BCUT2D eigenvalue weighted by molar-refractivity contribution is 5.74. The van der Waals surface area contributed by atoms with Crippen LogP contribution < -0.4 is 0 Å². The maximum atomic E-state index is 10.6. The second-order valence-electron chi connectivity index (χ2n) is 3.91. The monoisotopic (exact) mass is 177 g/mol. The van der Waals surface area contributed by atoms with Crippen LogP contribution in [0.25, 0.3) is 0 Å². The highest BCUT2D eigenvalue weighted by atomic mass is 16.1. The Morgan fingerprint density at radius 1 is 1.46 bits per heavy atom. The highest BCUT2D eigenvalue weighted by Gasteiger charge is 2.19. The summed E-state index contributed by atoms with van der Waals surface area (Å²) < 4.78 is 2.10. The van der Waals surface area contributed by atoms with Crippen molar-refractivity contribution in [2.24, 2.45) is 7.05 Å². The van der Waals surface area contributed by atoms with Crippen LogP contribution in [-0.4, -0.2) is 10.9 Å². The van der Waals surface area contributed by atoms with E-state index >= 15 is 0 Å². The number of carbonyl (C=O) groups is 1. The third-order valence-electron chi connectivity index (χ3n) is 2.97. The van der Waals surface area contributed by atoms with E-state index in [9.17, 15) is 4.79 Å². The first-order valence-electron chi connectivity index (χ1n) is 4.92. The van der Waals surface area contributed by atoms with Gasteiger partial charge in [0, 0.05) is 24.5 Å². The number of hydrogen-bond acceptors (Lipinski definition) is 1. The number of hydrogen-bond donors (Lipinski definition) is 0. The third kappa shape index (κ3) is 1.53. The van der Waals surface area contributed by atoms with Crippen molar-refractivity contribution in [3.63, 3.8) is 0 Å². The molecule has 0 atom stereocenters. The first-order valence-corrected chi connectivity index (χ1v) is 4.92. The van der Waals surface area contributed by atoms with Crippen molar-refractivity contribution in [1.82, 2.24) is 4.57 Å². The topological polar surface area (TPSA) is 22.0 Å². The van der Waals surface area contributed by atoms with E-state index in [0.29, 0.717) is 5.92 Å². The van der Waals surface area contributed by atoms with Gasteiger partial charge >= 0.3 is 0 Å². The fraction of sp³-hybridized carbons (Fsp3) is 0.545. The minimum Gasteiger partial charge on any atom is -0.353 e. The molecule has 1 aromatic heterocycles. The van der Waals surface area contributed by atoms with E-state index in [4.69, 9.17) is 0 Å². The highest BCUT2D eigenvalue weighted by Crippen LogP contribution is 2.34. The number of nitrogens with zero attached hydrogens (tertiary/aromatic N) is 1. The number of aromatic nitrogens is 1. The molecule has 13 heavy (non-hydrogen) atoms. The maximum absolute atomic E-state index is 10.6. The van der Waals surface area contributed by atoms with E-state index in [2.05, 4.69) is 4.57 Å². The summed E-state index contributed by atoms with van der Waals surface area (Å²) in [4.78, 5) is 10.6. The Bertz CT molecular complexity index is 308. The molecule has 2 nitrogen and oxygen atoms in total. The summed E-state index contributed by atoms with van der Waals surface area (Å²) in [5.74, 6) is 0.693. The summed E-state index contributed by atoms with van der Waals surface area (Å²) in [5.41, 5.74) is 2.14. The smallest absolute Gasteiger partial charge is 0.151 e. The zero-order valence-electron chi connectivity index (χ0n) is 7.99. The fourth-order valence-corrected chi connectivity index (χ4v) is 2.30. The van der Waals surface area contributed by atoms with Gasteiger partial charge in [-0.05, 0) is 24.8 Å². The minimum atomic E-state index is 0.693. The van der Waals surface area contributed by atoms with Gasteiger partial charge in [-0.2, -0.15) is 0 Å². The van der Waals surface area contributed by atoms with Crippen molar-refractivity contribution in [3.8, 4) is 0 Å². The first-order chi connectivity index (χ1) is 6.31. The Morgan fingerprint density at radius 3 is 2.69 bits per heavy atom. The lowest BCUT2D eigenvalue weighted by atomic mass is 10.0. The van der Waals surface area contributed by atoms with Gasteiger partial charge in [-0.15, -0.1) is 0 Å². The predicted octanol–water partition coefficient (Wildman–Crippen LogP) is 2.50. The lowest BCUT2D eigenvalue weighted by molar-refractivity contribution is 0.112. The van der Waals surface area contributed by atoms with Crippen LogP contribution in [0.4, 0.5) is 0 Å². The average molecular weight is 177 g/mol. The second kappa shape index (κ2) is 3.36. The molecule has 70 valence electrons. The lowest BCUT2D eigenvalue weighted by Gasteiger charge is -2.09. The molecule has 0 bridgehead atoms. The molecule has 0 unspecified atom stereocenters. The second-order valence-corrected chi connectivity index (χ2v) is 3.91. The van der Waals surface area contributed by atoms with Gasteiger partial charge in [0.1, 0.15) is 0 Å². The van der Waals surface area contributed by atoms with E-state index in [1.165, 1.54) is 31.4 Å². The Labute approximate surface area is 78.6 Å². The number of carbonyl (C=O) groups excluding carboxylic acids is 1. The Kier molecular flexibility index (Phi) is 2.21. The van der Waals surface area contributed by atoms with E-state index in [1.807, 2.05) is 19.3 Å². The third-order valence-corrected chi connectivity index (χ3v) is 2.97. The molecule has 1 saturated carbocycles. The van der Waals surface area contributed by atoms with Crippen molar-refractivity contribution in [2.75, 3.05) is 0 Å². The van der Waals surface area contributed by atoms with Gasteiger partial charge in [0.2, 0.25) is 0 Å². The van der Waals surface area contributed by atoms with Gasteiger partial charge in [-0.3, -0.25) is 4.79 Å². The summed E-state index contributed by atoms with van der Waals surface area (Å²) in [7, 11) is 2.03. The van der Waals surface area contributed by atoms with Crippen LogP contribution in [0.5, 0.6) is 0 Å². The Morgan fingerprint density at radius 2 is 2.15 bits per heavy atom. The van der Waals surface area contributed by atoms with E-state index in [-0.39, 0.29) is 0 Å². The maximum Gasteiger partial charge on any atom is 0.151 e. The number of aryl methyl sites for hydroxylation is 1. The lowest BCUT2D eigenvalue weighted by Crippen LogP contribution is -1.99. The molecule has 2 rings (SSSR count). The van der Waals surface area contributed by atoms with Crippen molar-refractivity contribution >= 4 is 6.29 Å². The standard InChI is InChI=1S/C11H15NO/c1-12-7-9(8-13)6-11(12)10-4-2-3-5-10/h6-8,10H,2-5H2,1H3. The van der Waals surface area contributed by atoms with Gasteiger partial charge in [0.25, 0.3) is 0 Å². The Balaban J connectivity index is 2.27. The number of rotatable bonds is 2. The molecule has 1 fully saturated rings. The molecule has 2 heteroatoms. The normalized spacial score (nSPS) is 17.9. The molecule has 1 aliphatic rings. The number of aldehydes is 1. The van der Waals surface area contributed by atoms with Crippen LogP contribution >= 0.6 is 0 Å². The van der Waals surface area contributed by atoms with E-state index < -0.39 is 0 Å². The van der Waals surface area contributed by atoms with Crippen LogP contribution in [0.3, 0.4) is 0 Å². The molecule has 0 aromatic carbocycles. The van der Waals surface area contributed by atoms with Crippen molar-refractivity contribution in [1.29, 1.82) is 0 Å². The van der Waals surface area contributed by atoms with Gasteiger partial charge in [-0.1, -0.05) is 12.8 Å². The molecule has 0 radical (unpaired) electrons. The summed E-state index contributed by atoms with van der Waals surface area (Å²) in [6.45, 7) is 0. The van der Waals surface area contributed by atoms with Crippen LogP contribution in [0.2, 0.25) is 0 Å². The Hall–Kier alpha value is -1.05. The van der Waals surface area contributed by atoms with Crippen molar-refractivity contribution in [3.05, 3.63) is 23.5 Å². The largest absolute Gasteiger partial charge is 0.353 e. The molecule has 1 aliphatic carbocycles. The minimum absolute atomic E-state index is 0.693. The van der Waals surface area contributed by atoms with Crippen LogP contribution in [0.1, 0.15) is 47.7 Å². The molecule has 1 aromatic rings. The summed E-state index contributed by atoms with van der Waals surface area (Å²) in [6, 6.07) is 2.03. The summed E-state index contributed by atoms with van der Waals surface area (Å²) in [6.07, 6.45) is 8.10. The van der Waals surface area contributed by atoms with Crippen LogP contribution in [0, 0.1) is 0 Å². The molecular weight excluding hydrogens is 162 g/mol. The molecule has 0 amide bonds. The molecule has 1 heterocycles. The molecule has 0 spiro atoms. The van der Waals surface area contributed by atoms with Gasteiger partial charge in [0.15, 0.2) is 6.29 Å². The fourth-order valence-electron chi connectivity index (χ4n) is 2.30. The van der Waals surface area contributed by atoms with Gasteiger partial charge < -0.3 is 4.57 Å². The van der Waals surface area contributed by atoms with Crippen molar-refractivity contribution in [2.45, 2.75) is 31.6 Å². The predicted molar refractivity (Wildman–Crippen MR) is 52.0 cm³/mol. The summed E-state index contributed by atoms with van der Waals surface area (Å²) in [5, 5.41) is 0. The zero-order valence-corrected chi connectivity index (χ0v) is 7.99. The quantitative estimate of drug-likeness (QED) is 0.636. The van der Waals surface area contributed by atoms with Gasteiger partial charge in [-0.25, -0.2) is 0 Å².